The van der Waals surface area contributed by atoms with Crippen LogP contribution in [0.2, 0.25) is 0 Å². The number of benzene rings is 1. The molecule has 0 spiro atoms. The maximum absolute atomic E-state index is 11.9. The van der Waals surface area contributed by atoms with Crippen LogP contribution in [0.25, 0.3) is 0 Å². The van der Waals surface area contributed by atoms with Crippen LogP contribution in [0.5, 0.6) is 5.75 Å². The molecule has 6 nitrogen and oxygen atoms in total. The number of aromatic hydroxyl groups is 1. The Morgan fingerprint density at radius 1 is 1.29 bits per heavy atom. The molecule has 1 atom stereocenters. The van der Waals surface area contributed by atoms with E-state index in [9.17, 15) is 14.7 Å². The van der Waals surface area contributed by atoms with Crippen LogP contribution in [-0.4, -0.2) is 34.7 Å². The van der Waals surface area contributed by atoms with Crippen molar-refractivity contribution in [2.24, 2.45) is 5.92 Å². The van der Waals surface area contributed by atoms with E-state index in [0.29, 0.717) is 6.54 Å². The van der Waals surface area contributed by atoms with E-state index in [1.165, 1.54) is 6.07 Å². The number of anilines is 1. The van der Waals surface area contributed by atoms with Crippen molar-refractivity contribution >= 4 is 17.6 Å². The van der Waals surface area contributed by atoms with Crippen molar-refractivity contribution in [2.75, 3.05) is 11.9 Å². The summed E-state index contributed by atoms with van der Waals surface area (Å²) in [6.45, 7) is 6.26. The summed E-state index contributed by atoms with van der Waals surface area (Å²) in [5.41, 5.74) is 1.17. The molecule has 0 aliphatic carbocycles. The predicted molar refractivity (Wildman–Crippen MR) is 80.4 cm³/mol. The number of phenols is 1. The Hall–Kier alpha value is -2.08. The fourth-order valence-corrected chi connectivity index (χ4v) is 1.76. The second kappa shape index (κ2) is 7.64. The maximum Gasteiger partial charge on any atom is 0.321 e. The van der Waals surface area contributed by atoms with Gasteiger partial charge in [0.05, 0.1) is 12.1 Å². The Labute approximate surface area is 124 Å². The number of carbonyl (C=O) groups is 2. The summed E-state index contributed by atoms with van der Waals surface area (Å²) in [5.74, 6) is -1.29. The third-order valence-electron chi connectivity index (χ3n) is 2.89. The topological polar surface area (TPSA) is 98.7 Å². The van der Waals surface area contributed by atoms with Gasteiger partial charge >= 0.3 is 5.97 Å². The van der Waals surface area contributed by atoms with E-state index >= 15 is 0 Å². The zero-order valence-electron chi connectivity index (χ0n) is 12.5. The molecular formula is C15H22N2O4. The van der Waals surface area contributed by atoms with Crippen LogP contribution in [-0.2, 0) is 9.59 Å². The van der Waals surface area contributed by atoms with Gasteiger partial charge in [-0.25, -0.2) is 0 Å². The van der Waals surface area contributed by atoms with Crippen LogP contribution < -0.4 is 10.6 Å². The lowest BCUT2D eigenvalue weighted by molar-refractivity contribution is -0.141. The average Bonchev–Trinajstić information content (AvgIpc) is 2.38. The molecule has 0 heterocycles. The highest BCUT2D eigenvalue weighted by Gasteiger charge is 2.21. The first-order chi connectivity index (χ1) is 9.79. The van der Waals surface area contributed by atoms with Gasteiger partial charge in [0.15, 0.2) is 0 Å². The van der Waals surface area contributed by atoms with Crippen LogP contribution in [0, 0.1) is 12.8 Å². The van der Waals surface area contributed by atoms with E-state index in [-0.39, 0.29) is 23.8 Å². The summed E-state index contributed by atoms with van der Waals surface area (Å²) in [7, 11) is 0. The Morgan fingerprint density at radius 2 is 1.95 bits per heavy atom. The average molecular weight is 294 g/mol. The minimum atomic E-state index is -1.07. The van der Waals surface area contributed by atoms with Crippen LogP contribution in [0.3, 0.4) is 0 Å². The van der Waals surface area contributed by atoms with Crippen molar-refractivity contribution in [3.8, 4) is 5.75 Å². The number of phenolic OH excluding ortho intramolecular Hbond substituents is 1. The number of carboxylic acid groups (broad SMARTS) is 1. The number of carbonyl (C=O) groups excluding carboxylic acids is 1. The van der Waals surface area contributed by atoms with E-state index in [4.69, 9.17) is 5.11 Å². The van der Waals surface area contributed by atoms with Crippen molar-refractivity contribution in [1.29, 1.82) is 0 Å². The number of hydrogen-bond acceptors (Lipinski definition) is 4. The molecule has 0 saturated heterocycles. The number of aliphatic carboxylic acids is 1. The first-order valence-corrected chi connectivity index (χ1v) is 6.85. The summed E-state index contributed by atoms with van der Waals surface area (Å²) in [6, 6.07) is 3.88. The summed E-state index contributed by atoms with van der Waals surface area (Å²) in [6.07, 6.45) is -0.199. The van der Waals surface area contributed by atoms with Crippen LogP contribution in [0.1, 0.15) is 25.8 Å². The molecule has 0 aliphatic heterocycles. The third kappa shape index (κ3) is 5.83. The normalized spacial score (nSPS) is 12.2. The van der Waals surface area contributed by atoms with Crippen LogP contribution >= 0.6 is 0 Å². The van der Waals surface area contributed by atoms with Crippen LogP contribution in [0.4, 0.5) is 5.69 Å². The monoisotopic (exact) mass is 294 g/mol. The van der Waals surface area contributed by atoms with Gasteiger partial charge in [-0.1, -0.05) is 19.9 Å². The van der Waals surface area contributed by atoms with Gasteiger partial charge in [-0.15, -0.1) is 0 Å². The minimum absolute atomic E-state index is 0.0454. The molecule has 0 bridgehead atoms. The molecule has 0 aliphatic rings. The molecule has 21 heavy (non-hydrogen) atoms. The largest absolute Gasteiger partial charge is 0.506 e. The summed E-state index contributed by atoms with van der Waals surface area (Å²) < 4.78 is 0. The molecule has 0 unspecified atom stereocenters. The van der Waals surface area contributed by atoms with E-state index in [2.05, 4.69) is 10.6 Å². The van der Waals surface area contributed by atoms with Gasteiger partial charge in [0.2, 0.25) is 5.91 Å². The van der Waals surface area contributed by atoms with E-state index in [0.717, 1.165) is 5.56 Å². The molecule has 0 saturated carbocycles. The van der Waals surface area contributed by atoms with Gasteiger partial charge in [0.25, 0.3) is 0 Å². The van der Waals surface area contributed by atoms with Crippen LogP contribution in [0.15, 0.2) is 18.2 Å². The lowest BCUT2D eigenvalue weighted by Crippen LogP contribution is -2.41. The van der Waals surface area contributed by atoms with Gasteiger partial charge < -0.3 is 20.8 Å². The number of hydrogen-bond donors (Lipinski definition) is 4. The second-order valence-electron chi connectivity index (χ2n) is 5.47. The predicted octanol–water partition coefficient (Wildman–Crippen LogP) is 1.73. The van der Waals surface area contributed by atoms with Gasteiger partial charge in [0, 0.05) is 0 Å². The fourth-order valence-electron chi connectivity index (χ4n) is 1.76. The third-order valence-corrected chi connectivity index (χ3v) is 2.89. The molecule has 116 valence electrons. The highest BCUT2D eigenvalue weighted by Crippen LogP contribution is 2.23. The van der Waals surface area contributed by atoms with Crippen molar-refractivity contribution in [3.05, 3.63) is 23.8 Å². The molecular weight excluding hydrogens is 272 g/mol. The van der Waals surface area contributed by atoms with Crippen molar-refractivity contribution in [2.45, 2.75) is 33.2 Å². The number of nitrogens with one attached hydrogen (secondary N) is 2. The molecule has 0 aromatic heterocycles. The Morgan fingerprint density at radius 3 is 2.52 bits per heavy atom. The van der Waals surface area contributed by atoms with Gasteiger partial charge in [-0.05, 0) is 37.1 Å². The highest BCUT2D eigenvalue weighted by atomic mass is 16.4. The van der Waals surface area contributed by atoms with E-state index in [1.807, 2.05) is 20.8 Å². The molecule has 1 aromatic carbocycles. The maximum atomic E-state index is 11.9. The second-order valence-corrected chi connectivity index (χ2v) is 5.47. The smallest absolute Gasteiger partial charge is 0.321 e. The van der Waals surface area contributed by atoms with Gasteiger partial charge in [-0.3, -0.25) is 9.59 Å². The molecule has 0 radical (unpaired) electrons. The first kappa shape index (κ1) is 17.0. The summed E-state index contributed by atoms with van der Waals surface area (Å²) in [4.78, 5) is 23.0. The van der Waals surface area contributed by atoms with Crippen molar-refractivity contribution in [1.82, 2.24) is 5.32 Å². The molecule has 1 rings (SSSR count). The quantitative estimate of drug-likeness (QED) is 0.574. The first-order valence-electron chi connectivity index (χ1n) is 6.85. The Bertz CT molecular complexity index is 514. The fraction of sp³-hybridized carbons (Fsp3) is 0.467. The van der Waals surface area contributed by atoms with Crippen molar-refractivity contribution < 1.29 is 19.8 Å². The lowest BCUT2D eigenvalue weighted by atomic mass is 10.1. The summed E-state index contributed by atoms with van der Waals surface area (Å²) >= 11 is 0. The van der Waals surface area contributed by atoms with Gasteiger partial charge in [-0.2, -0.15) is 0 Å². The minimum Gasteiger partial charge on any atom is -0.506 e. The van der Waals surface area contributed by atoms with E-state index < -0.39 is 17.9 Å². The van der Waals surface area contributed by atoms with Gasteiger partial charge in [0.1, 0.15) is 11.8 Å². The Balaban J connectivity index is 2.65. The molecule has 0 fully saturated rings. The number of amides is 1. The lowest BCUT2D eigenvalue weighted by Gasteiger charge is -2.16. The Kier molecular flexibility index (Phi) is 6.17. The molecule has 6 heteroatoms. The molecule has 4 N–H and O–H groups in total. The SMILES string of the molecule is Cc1ccc(O)c(NC(=O)C[C@@H](NCC(C)C)C(=O)O)c1. The number of rotatable bonds is 7. The molecule has 1 aromatic rings. The van der Waals surface area contributed by atoms with E-state index in [1.54, 1.807) is 12.1 Å². The highest BCUT2D eigenvalue weighted by molar-refractivity contribution is 5.95. The number of carboxylic acids is 1. The standard InChI is InChI=1S/C15H22N2O4/c1-9(2)8-16-12(15(20)21)7-14(19)17-11-6-10(3)4-5-13(11)18/h4-6,9,12,16,18H,7-8H2,1-3H3,(H,17,19)(H,20,21)/t12-/m1/s1. The number of aryl methyl sites for hydroxylation is 1. The zero-order valence-corrected chi connectivity index (χ0v) is 12.5. The zero-order chi connectivity index (χ0) is 16.0. The molecule has 1 amide bonds. The van der Waals surface area contributed by atoms with Crippen molar-refractivity contribution in [3.63, 3.8) is 0 Å². The summed E-state index contributed by atoms with van der Waals surface area (Å²) in [5, 5.41) is 24.1.